The van der Waals surface area contributed by atoms with Crippen molar-refractivity contribution in [2.45, 2.75) is 39.7 Å². The van der Waals surface area contributed by atoms with Gasteiger partial charge in [-0.05, 0) is 55.2 Å². The molecule has 1 atom stereocenters. The normalized spacial score (nSPS) is 15.4. The zero-order valence-corrected chi connectivity index (χ0v) is 24.8. The monoisotopic (exact) mass is 586 g/mol. The van der Waals surface area contributed by atoms with E-state index in [1.807, 2.05) is 38.7 Å². The number of fused-ring (bicyclic) bond motifs is 1. The molecule has 1 aromatic carbocycles. The van der Waals surface area contributed by atoms with Crippen molar-refractivity contribution in [2.75, 3.05) is 24.5 Å². The van der Waals surface area contributed by atoms with Crippen LogP contribution in [-0.4, -0.2) is 56.0 Å². The number of pyridine rings is 2. The Kier molecular flexibility index (Phi) is 7.97. The van der Waals surface area contributed by atoms with Crippen LogP contribution >= 0.6 is 11.6 Å². The number of halogens is 2. The van der Waals surface area contributed by atoms with Crippen LogP contribution in [0.5, 0.6) is 0 Å². The molecule has 0 radical (unpaired) electrons. The van der Waals surface area contributed by atoms with Crippen LogP contribution in [0, 0.1) is 12.7 Å². The van der Waals surface area contributed by atoms with E-state index in [-0.39, 0.29) is 39.8 Å². The van der Waals surface area contributed by atoms with E-state index < -0.39 is 11.5 Å². The van der Waals surface area contributed by atoms with Gasteiger partial charge in [0.25, 0.3) is 0 Å². The lowest BCUT2D eigenvalue weighted by Crippen LogP contribution is -2.54. The van der Waals surface area contributed by atoms with Gasteiger partial charge in [-0.1, -0.05) is 56.8 Å². The SMILES string of the molecule is C=CC(=O)N1CCN(c2nc(=O)n(-c3c(C)ccnc3C(C)C)c3nc(-c4c(F)cccc4C=C)c(Cl)cc23)[C@@H](C)C1. The second-order valence-electron chi connectivity index (χ2n) is 10.7. The molecule has 1 amide bonds. The van der Waals surface area contributed by atoms with Crippen LogP contribution in [-0.2, 0) is 4.79 Å². The lowest BCUT2D eigenvalue weighted by atomic mass is 10.0. The molecular weight excluding hydrogens is 555 g/mol. The van der Waals surface area contributed by atoms with Gasteiger partial charge in [-0.15, -0.1) is 0 Å². The van der Waals surface area contributed by atoms with Crippen molar-refractivity contribution in [3.63, 3.8) is 0 Å². The first-order valence-corrected chi connectivity index (χ1v) is 14.1. The van der Waals surface area contributed by atoms with E-state index in [9.17, 15) is 9.59 Å². The fourth-order valence-corrected chi connectivity index (χ4v) is 5.79. The largest absolute Gasteiger partial charge is 0.355 e. The Hall–Kier alpha value is -4.37. The third kappa shape index (κ3) is 4.98. The number of carbonyl (C=O) groups is 1. The highest BCUT2D eigenvalue weighted by Gasteiger charge is 2.30. The summed E-state index contributed by atoms with van der Waals surface area (Å²) >= 11 is 6.85. The smallest absolute Gasteiger partial charge is 0.350 e. The molecule has 0 aliphatic carbocycles. The second kappa shape index (κ2) is 11.5. The van der Waals surface area contributed by atoms with Gasteiger partial charge in [0.05, 0.1) is 27.5 Å². The third-order valence-corrected chi connectivity index (χ3v) is 7.90. The zero-order chi connectivity index (χ0) is 30.3. The number of amides is 1. The molecule has 1 fully saturated rings. The Bertz CT molecular complexity index is 1800. The van der Waals surface area contributed by atoms with Gasteiger partial charge in [0.2, 0.25) is 5.91 Å². The summed E-state index contributed by atoms with van der Waals surface area (Å²) in [5, 5.41) is 0.720. The van der Waals surface area contributed by atoms with Crippen LogP contribution < -0.4 is 10.6 Å². The molecule has 0 N–H and O–H groups in total. The van der Waals surface area contributed by atoms with Crippen molar-refractivity contribution in [2.24, 2.45) is 0 Å². The Morgan fingerprint density at radius 2 is 1.95 bits per heavy atom. The van der Waals surface area contributed by atoms with E-state index >= 15 is 4.39 Å². The summed E-state index contributed by atoms with van der Waals surface area (Å²) in [5.74, 6) is -0.278. The van der Waals surface area contributed by atoms with E-state index in [1.54, 1.807) is 35.4 Å². The molecule has 216 valence electrons. The lowest BCUT2D eigenvalue weighted by Gasteiger charge is -2.40. The van der Waals surface area contributed by atoms with Crippen molar-refractivity contribution >= 4 is 40.4 Å². The fourth-order valence-electron chi connectivity index (χ4n) is 5.55. The van der Waals surface area contributed by atoms with Crippen LogP contribution in [0.3, 0.4) is 0 Å². The van der Waals surface area contributed by atoms with Crippen LogP contribution in [0.4, 0.5) is 10.2 Å². The summed E-state index contributed by atoms with van der Waals surface area (Å²) in [6, 6.07) is 8.00. The van der Waals surface area contributed by atoms with E-state index in [0.717, 1.165) is 5.56 Å². The number of rotatable bonds is 6. The summed E-state index contributed by atoms with van der Waals surface area (Å²) in [6.07, 6.45) is 4.55. The number of carbonyl (C=O) groups excluding carboxylic acids is 1. The highest BCUT2D eigenvalue weighted by molar-refractivity contribution is 6.34. The molecule has 0 spiro atoms. The quantitative estimate of drug-likeness (QED) is 0.260. The number of piperazine rings is 1. The number of anilines is 1. The van der Waals surface area contributed by atoms with Crippen LogP contribution in [0.15, 0.2) is 60.6 Å². The lowest BCUT2D eigenvalue weighted by molar-refractivity contribution is -0.126. The molecule has 4 aromatic rings. The maximum absolute atomic E-state index is 15.3. The molecule has 1 aliphatic rings. The highest BCUT2D eigenvalue weighted by atomic mass is 35.5. The first-order valence-electron chi connectivity index (χ1n) is 13.8. The number of aryl methyl sites for hydroxylation is 1. The summed E-state index contributed by atoms with van der Waals surface area (Å²) in [7, 11) is 0. The van der Waals surface area contributed by atoms with Gasteiger partial charge in [-0.3, -0.25) is 9.78 Å². The van der Waals surface area contributed by atoms with E-state index in [2.05, 4.69) is 23.1 Å². The number of aromatic nitrogens is 4. The Balaban J connectivity index is 1.85. The van der Waals surface area contributed by atoms with Crippen LogP contribution in [0.25, 0.3) is 34.1 Å². The predicted octanol–water partition coefficient (Wildman–Crippen LogP) is 5.93. The molecule has 0 bridgehead atoms. The average Bonchev–Trinajstić information content (AvgIpc) is 2.96. The zero-order valence-electron chi connectivity index (χ0n) is 24.1. The minimum Gasteiger partial charge on any atom is -0.350 e. The summed E-state index contributed by atoms with van der Waals surface area (Å²) in [5.41, 5.74) is 2.71. The molecule has 1 saturated heterocycles. The highest BCUT2D eigenvalue weighted by Crippen LogP contribution is 2.37. The molecular formula is C32H32ClFN6O2. The molecule has 0 saturated carbocycles. The van der Waals surface area contributed by atoms with Gasteiger partial charge < -0.3 is 9.80 Å². The fraction of sp³-hybridized carbons (Fsp3) is 0.281. The standard InChI is InChI=1S/C32H32ClFN6O2/c1-7-21-10-9-11-24(34)26(21)28-23(33)16-22-30(39-15-14-38(17-20(39)6)25(41)8-2)37-32(42)40(31(22)36-28)29-19(5)12-13-35-27(29)18(3)4/h7-13,16,18,20H,1-2,14-15,17H2,3-6H3/t20-/m0/s1. The third-order valence-electron chi connectivity index (χ3n) is 7.61. The minimum absolute atomic E-state index is 0.0114. The second-order valence-corrected chi connectivity index (χ2v) is 11.1. The van der Waals surface area contributed by atoms with Gasteiger partial charge in [-0.25, -0.2) is 18.7 Å². The number of nitrogens with zero attached hydrogens (tertiary/aromatic N) is 6. The van der Waals surface area contributed by atoms with Crippen molar-refractivity contribution in [3.8, 4) is 16.9 Å². The van der Waals surface area contributed by atoms with Crippen molar-refractivity contribution in [3.05, 3.63) is 93.9 Å². The Morgan fingerprint density at radius 3 is 2.62 bits per heavy atom. The minimum atomic E-state index is -0.550. The van der Waals surface area contributed by atoms with Crippen LogP contribution in [0.1, 0.15) is 43.5 Å². The molecule has 4 heterocycles. The van der Waals surface area contributed by atoms with Crippen LogP contribution in [0.2, 0.25) is 5.02 Å². The number of hydrogen-bond donors (Lipinski definition) is 0. The molecule has 42 heavy (non-hydrogen) atoms. The first-order chi connectivity index (χ1) is 20.1. The predicted molar refractivity (Wildman–Crippen MR) is 166 cm³/mol. The van der Waals surface area contributed by atoms with Gasteiger partial charge >= 0.3 is 5.69 Å². The van der Waals surface area contributed by atoms with Gasteiger partial charge in [0.15, 0.2) is 5.65 Å². The first kappa shape index (κ1) is 29.1. The molecule has 1 aliphatic heterocycles. The Labute approximate surface area is 248 Å². The number of benzene rings is 1. The Morgan fingerprint density at radius 1 is 1.19 bits per heavy atom. The topological polar surface area (TPSA) is 84.2 Å². The summed E-state index contributed by atoms with van der Waals surface area (Å²) in [4.78, 5) is 44.1. The van der Waals surface area contributed by atoms with E-state index in [4.69, 9.17) is 16.6 Å². The average molecular weight is 587 g/mol. The van der Waals surface area contributed by atoms with Gasteiger partial charge in [0, 0.05) is 37.4 Å². The summed E-state index contributed by atoms with van der Waals surface area (Å²) < 4.78 is 16.8. The maximum Gasteiger partial charge on any atom is 0.355 e. The molecule has 8 nitrogen and oxygen atoms in total. The molecule has 0 unspecified atom stereocenters. The molecule has 3 aromatic heterocycles. The maximum atomic E-state index is 15.3. The van der Waals surface area contributed by atoms with Crippen molar-refractivity contribution < 1.29 is 9.18 Å². The summed E-state index contributed by atoms with van der Waals surface area (Å²) in [6.45, 7) is 16.6. The van der Waals surface area contributed by atoms with Gasteiger partial charge in [0.1, 0.15) is 11.6 Å². The molecule has 5 rings (SSSR count). The molecule has 10 heteroatoms. The van der Waals surface area contributed by atoms with Gasteiger partial charge in [-0.2, -0.15) is 4.98 Å². The van der Waals surface area contributed by atoms with Crippen molar-refractivity contribution in [1.82, 2.24) is 24.4 Å². The van der Waals surface area contributed by atoms with Crippen molar-refractivity contribution in [1.29, 1.82) is 0 Å². The van der Waals surface area contributed by atoms with E-state index in [1.165, 1.54) is 16.7 Å². The van der Waals surface area contributed by atoms with E-state index in [0.29, 0.717) is 47.8 Å². The number of hydrogen-bond acceptors (Lipinski definition) is 6.